The Balaban J connectivity index is 1.86. The molecule has 2 atom stereocenters. The lowest BCUT2D eigenvalue weighted by molar-refractivity contribution is -0.928. The van der Waals surface area contributed by atoms with Crippen molar-refractivity contribution in [2.24, 2.45) is 0 Å². The SMILES string of the molecule is [NH3+]C1CCC[NH+](Cc2cccc3ccccc23)C1. The van der Waals surface area contributed by atoms with Crippen LogP contribution in [-0.2, 0) is 6.54 Å². The third-order valence-electron chi connectivity index (χ3n) is 4.04. The number of fused-ring (bicyclic) bond motifs is 1. The van der Waals surface area contributed by atoms with Crippen molar-refractivity contribution < 1.29 is 10.6 Å². The van der Waals surface area contributed by atoms with Crippen molar-refractivity contribution in [3.05, 3.63) is 48.0 Å². The maximum atomic E-state index is 4.23. The summed E-state index contributed by atoms with van der Waals surface area (Å²) < 4.78 is 0. The van der Waals surface area contributed by atoms with Crippen molar-refractivity contribution >= 4 is 10.8 Å². The van der Waals surface area contributed by atoms with Gasteiger partial charge in [0.25, 0.3) is 0 Å². The first-order valence-electron chi connectivity index (χ1n) is 6.96. The van der Waals surface area contributed by atoms with E-state index >= 15 is 0 Å². The van der Waals surface area contributed by atoms with Crippen LogP contribution in [0.5, 0.6) is 0 Å². The van der Waals surface area contributed by atoms with Crippen LogP contribution in [-0.4, -0.2) is 19.1 Å². The molecule has 94 valence electrons. The van der Waals surface area contributed by atoms with Crippen molar-refractivity contribution in [3.8, 4) is 0 Å². The summed E-state index contributed by atoms with van der Waals surface area (Å²) in [5.74, 6) is 0. The number of hydrogen-bond acceptors (Lipinski definition) is 0. The number of rotatable bonds is 2. The zero-order chi connectivity index (χ0) is 12.4. The molecule has 1 aliphatic rings. The Labute approximate surface area is 108 Å². The van der Waals surface area contributed by atoms with Gasteiger partial charge in [-0.3, -0.25) is 0 Å². The van der Waals surface area contributed by atoms with Gasteiger partial charge >= 0.3 is 0 Å². The summed E-state index contributed by atoms with van der Waals surface area (Å²) in [4.78, 5) is 1.69. The third-order valence-corrected chi connectivity index (χ3v) is 4.04. The number of nitrogens with one attached hydrogen (secondary N) is 1. The zero-order valence-corrected chi connectivity index (χ0v) is 10.9. The molecule has 2 heteroatoms. The van der Waals surface area contributed by atoms with E-state index < -0.39 is 0 Å². The predicted octanol–water partition coefficient (Wildman–Crippen LogP) is 0.629. The zero-order valence-electron chi connectivity index (χ0n) is 10.9. The van der Waals surface area contributed by atoms with Crippen LogP contribution in [0.25, 0.3) is 10.8 Å². The first-order chi connectivity index (χ1) is 8.83. The van der Waals surface area contributed by atoms with Gasteiger partial charge in [0.1, 0.15) is 19.1 Å². The summed E-state index contributed by atoms with van der Waals surface area (Å²) in [6, 6.07) is 16.0. The number of piperidine rings is 1. The Bertz CT molecular complexity index is 530. The smallest absolute Gasteiger partial charge is 0.134 e. The van der Waals surface area contributed by atoms with E-state index in [9.17, 15) is 0 Å². The Morgan fingerprint density at radius 2 is 1.94 bits per heavy atom. The third kappa shape index (κ3) is 2.40. The number of hydrogen-bond donors (Lipinski definition) is 2. The fourth-order valence-corrected chi connectivity index (χ4v) is 3.13. The van der Waals surface area contributed by atoms with Gasteiger partial charge in [0, 0.05) is 18.4 Å². The van der Waals surface area contributed by atoms with E-state index in [0.29, 0.717) is 6.04 Å². The molecule has 2 unspecified atom stereocenters. The van der Waals surface area contributed by atoms with E-state index in [1.165, 1.54) is 42.3 Å². The molecule has 0 aliphatic carbocycles. The summed E-state index contributed by atoms with van der Waals surface area (Å²) in [7, 11) is 0. The maximum absolute atomic E-state index is 4.23. The summed E-state index contributed by atoms with van der Waals surface area (Å²) in [5, 5.41) is 2.77. The van der Waals surface area contributed by atoms with Gasteiger partial charge in [-0.2, -0.15) is 0 Å². The largest absolute Gasteiger partial charge is 0.350 e. The van der Waals surface area contributed by atoms with Crippen LogP contribution in [0.1, 0.15) is 18.4 Å². The van der Waals surface area contributed by atoms with E-state index in [1.54, 1.807) is 4.90 Å². The topological polar surface area (TPSA) is 32.1 Å². The van der Waals surface area contributed by atoms with E-state index in [2.05, 4.69) is 48.2 Å². The Hall–Kier alpha value is -1.38. The van der Waals surface area contributed by atoms with Crippen molar-refractivity contribution in [1.82, 2.24) is 0 Å². The molecule has 1 heterocycles. The fraction of sp³-hybridized carbons (Fsp3) is 0.375. The average Bonchev–Trinajstić information content (AvgIpc) is 2.39. The molecule has 0 radical (unpaired) electrons. The van der Waals surface area contributed by atoms with Crippen LogP contribution >= 0.6 is 0 Å². The van der Waals surface area contributed by atoms with Gasteiger partial charge in [0.2, 0.25) is 0 Å². The molecule has 18 heavy (non-hydrogen) atoms. The second kappa shape index (κ2) is 5.09. The molecule has 0 spiro atoms. The van der Waals surface area contributed by atoms with E-state index in [1.807, 2.05) is 0 Å². The van der Waals surface area contributed by atoms with Crippen LogP contribution in [0, 0.1) is 0 Å². The van der Waals surface area contributed by atoms with Crippen LogP contribution in [0.3, 0.4) is 0 Å². The van der Waals surface area contributed by atoms with Crippen LogP contribution in [0.4, 0.5) is 0 Å². The van der Waals surface area contributed by atoms with Crippen molar-refractivity contribution in [1.29, 1.82) is 0 Å². The first kappa shape index (κ1) is 11.7. The van der Waals surface area contributed by atoms with E-state index in [-0.39, 0.29) is 0 Å². The highest BCUT2D eigenvalue weighted by Crippen LogP contribution is 2.17. The van der Waals surface area contributed by atoms with Gasteiger partial charge < -0.3 is 10.6 Å². The Morgan fingerprint density at radius 3 is 2.83 bits per heavy atom. The quantitative estimate of drug-likeness (QED) is 0.774. The molecule has 0 saturated carbocycles. The fourth-order valence-electron chi connectivity index (χ4n) is 3.13. The molecule has 2 aromatic rings. The number of quaternary nitrogens is 2. The standard InChI is InChI=1S/C16H20N2/c17-15-8-4-10-18(12-15)11-14-7-3-6-13-5-1-2-9-16(13)14/h1-3,5-7,9,15H,4,8,10-12,17H2/p+2. The molecule has 0 amide bonds. The van der Waals surface area contributed by atoms with Crippen LogP contribution < -0.4 is 10.6 Å². The molecular formula is C16H22N2+2. The molecule has 0 bridgehead atoms. The summed E-state index contributed by atoms with van der Waals surface area (Å²) in [6.07, 6.45) is 2.63. The highest BCUT2D eigenvalue weighted by molar-refractivity contribution is 5.85. The monoisotopic (exact) mass is 242 g/mol. The lowest BCUT2D eigenvalue weighted by atomic mass is 10.0. The number of benzene rings is 2. The molecule has 3 rings (SSSR count). The first-order valence-corrected chi connectivity index (χ1v) is 6.96. The molecule has 0 aromatic heterocycles. The van der Waals surface area contributed by atoms with Gasteiger partial charge in [0.05, 0.1) is 6.54 Å². The van der Waals surface area contributed by atoms with Gasteiger partial charge in [0.15, 0.2) is 0 Å². The molecule has 4 N–H and O–H groups in total. The van der Waals surface area contributed by atoms with Gasteiger partial charge in [-0.25, -0.2) is 0 Å². The summed E-state index contributed by atoms with van der Waals surface area (Å²) in [6.45, 7) is 3.67. The van der Waals surface area contributed by atoms with E-state index in [0.717, 1.165) is 6.54 Å². The van der Waals surface area contributed by atoms with Gasteiger partial charge in [-0.1, -0.05) is 42.5 Å². The second-order valence-corrected chi connectivity index (χ2v) is 5.53. The highest BCUT2D eigenvalue weighted by Gasteiger charge is 2.22. The van der Waals surface area contributed by atoms with Gasteiger partial charge in [-0.15, -0.1) is 0 Å². The van der Waals surface area contributed by atoms with Crippen LogP contribution in [0.15, 0.2) is 42.5 Å². The summed E-state index contributed by atoms with van der Waals surface area (Å²) in [5.41, 5.74) is 5.71. The lowest BCUT2D eigenvalue weighted by Gasteiger charge is -2.26. The minimum atomic E-state index is 0.642. The Kier molecular flexibility index (Phi) is 3.31. The number of likely N-dealkylation sites (tertiary alicyclic amines) is 1. The van der Waals surface area contributed by atoms with Crippen LogP contribution in [0.2, 0.25) is 0 Å². The molecule has 2 aromatic carbocycles. The second-order valence-electron chi connectivity index (χ2n) is 5.53. The maximum Gasteiger partial charge on any atom is 0.134 e. The van der Waals surface area contributed by atoms with Gasteiger partial charge in [-0.05, 0) is 10.8 Å². The van der Waals surface area contributed by atoms with Crippen molar-refractivity contribution in [2.75, 3.05) is 13.1 Å². The minimum Gasteiger partial charge on any atom is -0.350 e. The molecule has 1 fully saturated rings. The average molecular weight is 242 g/mol. The molecule has 1 aliphatic heterocycles. The normalized spacial score (nSPS) is 24.3. The lowest BCUT2D eigenvalue weighted by Crippen LogP contribution is -3.14. The Morgan fingerprint density at radius 1 is 1.11 bits per heavy atom. The molecular weight excluding hydrogens is 220 g/mol. The highest BCUT2D eigenvalue weighted by atomic mass is 15.1. The molecule has 2 nitrogen and oxygen atoms in total. The summed E-state index contributed by atoms with van der Waals surface area (Å²) >= 11 is 0. The molecule has 1 saturated heterocycles. The minimum absolute atomic E-state index is 0.642. The van der Waals surface area contributed by atoms with E-state index in [4.69, 9.17) is 0 Å². The van der Waals surface area contributed by atoms with Crippen molar-refractivity contribution in [3.63, 3.8) is 0 Å². The predicted molar refractivity (Wildman–Crippen MR) is 74.3 cm³/mol. The van der Waals surface area contributed by atoms with Crippen molar-refractivity contribution in [2.45, 2.75) is 25.4 Å².